The van der Waals surface area contributed by atoms with Crippen molar-refractivity contribution >= 4 is 0 Å². The molecule has 0 amide bonds. The van der Waals surface area contributed by atoms with Crippen molar-refractivity contribution in [2.24, 2.45) is 0 Å². The van der Waals surface area contributed by atoms with E-state index in [2.05, 4.69) is 76.2 Å². The first kappa shape index (κ1) is 16.0. The molecule has 2 aromatic carbocycles. The molecule has 0 fully saturated rings. The molecule has 1 radical (unpaired) electrons. The zero-order chi connectivity index (χ0) is 12.0. The van der Waals surface area contributed by atoms with E-state index in [1.807, 2.05) is 0 Å². The maximum atomic E-state index is 2.17. The maximum absolute atomic E-state index is 2.17. The van der Waals surface area contributed by atoms with E-state index >= 15 is 0 Å². The summed E-state index contributed by atoms with van der Waals surface area (Å²) in [6, 6.07) is 16.9. The maximum Gasteiger partial charge on any atom is 0 e. The summed E-state index contributed by atoms with van der Waals surface area (Å²) >= 11 is 0. The molecule has 0 saturated heterocycles. The molecule has 1 heteroatoms. The minimum Gasteiger partial charge on any atom is -0.0617 e. The summed E-state index contributed by atoms with van der Waals surface area (Å²) < 4.78 is 0. The molecular weight excluding hydrogens is 243 g/mol. The first-order chi connectivity index (χ1) is 7.58. The van der Waals surface area contributed by atoms with Gasteiger partial charge in [0.05, 0.1) is 0 Å². The van der Waals surface area contributed by atoms with Crippen molar-refractivity contribution in [2.45, 2.75) is 27.7 Å². The summed E-state index contributed by atoms with van der Waals surface area (Å²) in [5.74, 6) is 0. The number of benzene rings is 2. The fourth-order valence-electron chi connectivity index (χ4n) is 1.61. The molecule has 89 valence electrons. The minimum atomic E-state index is 0. The van der Waals surface area contributed by atoms with Crippen molar-refractivity contribution in [3.63, 3.8) is 0 Å². The van der Waals surface area contributed by atoms with E-state index in [-0.39, 0.29) is 18.6 Å². The molecular formula is C16H20V. The molecule has 0 heterocycles. The number of aryl methyl sites for hydroxylation is 4. The van der Waals surface area contributed by atoms with Crippen LogP contribution in [0.25, 0.3) is 0 Å². The van der Waals surface area contributed by atoms with Gasteiger partial charge in [0, 0.05) is 18.6 Å². The number of rotatable bonds is 0. The zero-order valence-corrected chi connectivity index (χ0v) is 12.5. The van der Waals surface area contributed by atoms with Gasteiger partial charge in [-0.3, -0.25) is 0 Å². The van der Waals surface area contributed by atoms with E-state index in [9.17, 15) is 0 Å². The normalized spacial score (nSPS) is 8.71. The Hall–Kier alpha value is -0.976. The van der Waals surface area contributed by atoms with Crippen molar-refractivity contribution in [1.29, 1.82) is 0 Å². The Kier molecular flexibility index (Phi) is 7.70. The van der Waals surface area contributed by atoms with E-state index < -0.39 is 0 Å². The van der Waals surface area contributed by atoms with Crippen LogP contribution >= 0.6 is 0 Å². The van der Waals surface area contributed by atoms with E-state index in [1.165, 1.54) is 22.3 Å². The first-order valence-electron chi connectivity index (χ1n) is 5.64. The molecule has 0 N–H and O–H groups in total. The molecule has 0 aromatic heterocycles. The second kappa shape index (κ2) is 8.16. The smallest absolute Gasteiger partial charge is 0 e. The fraction of sp³-hybridized carbons (Fsp3) is 0.250. The molecule has 0 aliphatic carbocycles. The largest absolute Gasteiger partial charge is 0.0617 e. The summed E-state index contributed by atoms with van der Waals surface area (Å²) in [7, 11) is 0. The molecule has 0 atom stereocenters. The molecule has 0 bridgehead atoms. The van der Waals surface area contributed by atoms with Gasteiger partial charge < -0.3 is 0 Å². The van der Waals surface area contributed by atoms with Gasteiger partial charge in [-0.1, -0.05) is 70.8 Å². The Morgan fingerprint density at radius 2 is 0.765 bits per heavy atom. The summed E-state index contributed by atoms with van der Waals surface area (Å²) in [5.41, 5.74) is 5.35. The molecule has 0 aliphatic heterocycles. The van der Waals surface area contributed by atoms with E-state index in [4.69, 9.17) is 0 Å². The molecule has 0 spiro atoms. The summed E-state index contributed by atoms with van der Waals surface area (Å²) in [5, 5.41) is 0. The zero-order valence-electron chi connectivity index (χ0n) is 11.1. The molecule has 17 heavy (non-hydrogen) atoms. The van der Waals surface area contributed by atoms with Crippen LogP contribution in [0.15, 0.2) is 48.5 Å². The third-order valence-corrected chi connectivity index (χ3v) is 2.35. The molecule has 0 unspecified atom stereocenters. The first-order valence-corrected chi connectivity index (χ1v) is 5.64. The van der Waals surface area contributed by atoms with Crippen molar-refractivity contribution in [1.82, 2.24) is 0 Å². The summed E-state index contributed by atoms with van der Waals surface area (Å²) in [4.78, 5) is 0. The SMILES string of the molecule is Cc1cccc(C)c1.Cc1cccc(C)c1.[V]. The van der Waals surface area contributed by atoms with Crippen LogP contribution in [0.4, 0.5) is 0 Å². The molecule has 0 saturated carbocycles. The topological polar surface area (TPSA) is 0 Å². The Bertz CT molecular complexity index is 369. The fourth-order valence-corrected chi connectivity index (χ4v) is 1.61. The van der Waals surface area contributed by atoms with Crippen molar-refractivity contribution in [2.75, 3.05) is 0 Å². The number of hydrogen-bond donors (Lipinski definition) is 0. The van der Waals surface area contributed by atoms with E-state index in [0.29, 0.717) is 0 Å². The van der Waals surface area contributed by atoms with Gasteiger partial charge in [-0.05, 0) is 27.7 Å². The van der Waals surface area contributed by atoms with Gasteiger partial charge in [0.2, 0.25) is 0 Å². The van der Waals surface area contributed by atoms with Gasteiger partial charge in [0.15, 0.2) is 0 Å². The van der Waals surface area contributed by atoms with Crippen LogP contribution in [0, 0.1) is 27.7 Å². The minimum absolute atomic E-state index is 0. The van der Waals surface area contributed by atoms with Gasteiger partial charge >= 0.3 is 0 Å². The van der Waals surface area contributed by atoms with E-state index in [0.717, 1.165) is 0 Å². The Morgan fingerprint density at radius 3 is 0.882 bits per heavy atom. The third kappa shape index (κ3) is 7.04. The van der Waals surface area contributed by atoms with Crippen LogP contribution in [0.1, 0.15) is 22.3 Å². The Balaban J connectivity index is 0.000000284. The van der Waals surface area contributed by atoms with E-state index in [1.54, 1.807) is 0 Å². The number of hydrogen-bond acceptors (Lipinski definition) is 0. The van der Waals surface area contributed by atoms with Gasteiger partial charge in [-0.15, -0.1) is 0 Å². The van der Waals surface area contributed by atoms with Gasteiger partial charge in [0.25, 0.3) is 0 Å². The van der Waals surface area contributed by atoms with Crippen molar-refractivity contribution in [3.8, 4) is 0 Å². The Morgan fingerprint density at radius 1 is 0.529 bits per heavy atom. The average Bonchev–Trinajstić information content (AvgIpc) is 2.17. The predicted molar refractivity (Wildman–Crippen MR) is 71.8 cm³/mol. The summed E-state index contributed by atoms with van der Waals surface area (Å²) in [6.07, 6.45) is 0. The van der Waals surface area contributed by atoms with Crippen LogP contribution in [-0.2, 0) is 18.6 Å². The predicted octanol–water partition coefficient (Wildman–Crippen LogP) is 4.60. The van der Waals surface area contributed by atoms with Crippen molar-refractivity contribution in [3.05, 3.63) is 70.8 Å². The Labute approximate surface area is 117 Å². The molecule has 2 rings (SSSR count). The monoisotopic (exact) mass is 263 g/mol. The molecule has 0 aliphatic rings. The molecule has 0 nitrogen and oxygen atoms in total. The van der Waals surface area contributed by atoms with Crippen LogP contribution in [-0.4, -0.2) is 0 Å². The molecule has 2 aromatic rings. The standard InChI is InChI=1S/2C8H10.V/c2*1-7-4-3-5-8(2)6-7;/h2*3-6H,1-2H3;. The van der Waals surface area contributed by atoms with Gasteiger partial charge in [-0.2, -0.15) is 0 Å². The summed E-state index contributed by atoms with van der Waals surface area (Å²) in [6.45, 7) is 8.42. The average molecular weight is 263 g/mol. The second-order valence-electron chi connectivity index (χ2n) is 4.32. The third-order valence-electron chi connectivity index (χ3n) is 2.35. The van der Waals surface area contributed by atoms with Crippen LogP contribution < -0.4 is 0 Å². The quantitative estimate of drug-likeness (QED) is 0.651. The van der Waals surface area contributed by atoms with Crippen LogP contribution in [0.3, 0.4) is 0 Å². The van der Waals surface area contributed by atoms with Crippen molar-refractivity contribution < 1.29 is 18.6 Å². The van der Waals surface area contributed by atoms with Gasteiger partial charge in [0.1, 0.15) is 0 Å². The van der Waals surface area contributed by atoms with Gasteiger partial charge in [-0.25, -0.2) is 0 Å². The second-order valence-corrected chi connectivity index (χ2v) is 4.32. The van der Waals surface area contributed by atoms with Crippen LogP contribution in [0.5, 0.6) is 0 Å². The van der Waals surface area contributed by atoms with Crippen LogP contribution in [0.2, 0.25) is 0 Å².